The standard InChI is InChI=1S/C21H24F9N3O3/c22-19(23,24)14-5-13(6-15(7-14)32-2-1-12(9-32)11-34)8-31-3-4-33(18(35)36)16(10-31)17(20(25,26)27)21(28,29)30/h5-7,12,16-17,34H,1-4,8-11H2,(H,35,36). The van der Waals surface area contributed by atoms with E-state index in [4.69, 9.17) is 0 Å². The van der Waals surface area contributed by atoms with Gasteiger partial charge in [-0.1, -0.05) is 0 Å². The number of carboxylic acid groups (broad SMARTS) is 1. The minimum Gasteiger partial charge on any atom is -0.465 e. The first-order valence-corrected chi connectivity index (χ1v) is 10.9. The highest BCUT2D eigenvalue weighted by Crippen LogP contribution is 2.44. The van der Waals surface area contributed by atoms with Crippen molar-refractivity contribution in [2.75, 3.05) is 44.2 Å². The van der Waals surface area contributed by atoms with Gasteiger partial charge in [0, 0.05) is 57.5 Å². The molecule has 2 N–H and O–H groups in total. The van der Waals surface area contributed by atoms with Gasteiger partial charge in [0.1, 0.15) is 0 Å². The van der Waals surface area contributed by atoms with Gasteiger partial charge in [0.15, 0.2) is 5.92 Å². The summed E-state index contributed by atoms with van der Waals surface area (Å²) < 4.78 is 121. The molecule has 0 radical (unpaired) electrons. The van der Waals surface area contributed by atoms with Gasteiger partial charge < -0.3 is 20.0 Å². The zero-order chi connectivity index (χ0) is 27.1. The maximum absolute atomic E-state index is 13.5. The number of benzene rings is 1. The van der Waals surface area contributed by atoms with Gasteiger partial charge in [0.2, 0.25) is 0 Å². The first-order chi connectivity index (χ1) is 16.5. The third kappa shape index (κ3) is 6.47. The molecule has 0 bridgehead atoms. The summed E-state index contributed by atoms with van der Waals surface area (Å²) >= 11 is 0. The van der Waals surface area contributed by atoms with Gasteiger partial charge in [0.05, 0.1) is 11.6 Å². The van der Waals surface area contributed by atoms with Gasteiger partial charge in [0.25, 0.3) is 0 Å². The third-order valence-corrected chi connectivity index (χ3v) is 6.46. The third-order valence-electron chi connectivity index (χ3n) is 6.46. The molecule has 2 atom stereocenters. The second-order valence-corrected chi connectivity index (χ2v) is 9.01. The largest absolute Gasteiger partial charge is 0.465 e. The summed E-state index contributed by atoms with van der Waals surface area (Å²) in [4.78, 5) is 14.2. The molecule has 0 aromatic heterocycles. The first-order valence-electron chi connectivity index (χ1n) is 10.9. The van der Waals surface area contributed by atoms with Crippen LogP contribution in [-0.2, 0) is 12.7 Å². The number of rotatable bonds is 5. The normalized spacial score (nSPS) is 22.5. The number of nitrogens with zero attached hydrogens (tertiary/aromatic N) is 3. The van der Waals surface area contributed by atoms with Gasteiger partial charge in [-0.2, -0.15) is 39.5 Å². The number of aliphatic hydroxyl groups is 1. The maximum atomic E-state index is 13.5. The highest BCUT2D eigenvalue weighted by Gasteiger charge is 2.62. The van der Waals surface area contributed by atoms with E-state index in [-0.39, 0.29) is 41.8 Å². The Morgan fingerprint density at radius 3 is 2.08 bits per heavy atom. The number of hydrogen-bond donors (Lipinski definition) is 2. The Hall–Kier alpha value is -2.42. The second-order valence-electron chi connectivity index (χ2n) is 9.01. The van der Waals surface area contributed by atoms with E-state index in [0.29, 0.717) is 13.0 Å². The molecule has 6 nitrogen and oxygen atoms in total. The summed E-state index contributed by atoms with van der Waals surface area (Å²) in [6.07, 6.45) is -17.8. The Morgan fingerprint density at radius 2 is 1.58 bits per heavy atom. The van der Waals surface area contributed by atoms with Crippen LogP contribution >= 0.6 is 0 Å². The Kier molecular flexibility index (Phi) is 7.94. The molecule has 2 aliphatic rings. The molecular weight excluding hydrogens is 513 g/mol. The summed E-state index contributed by atoms with van der Waals surface area (Å²) in [7, 11) is 0. The number of alkyl halides is 9. The van der Waals surface area contributed by atoms with E-state index in [1.807, 2.05) is 0 Å². The smallest absolute Gasteiger partial charge is 0.416 e. The lowest BCUT2D eigenvalue weighted by atomic mass is 9.94. The molecule has 2 saturated heterocycles. The molecule has 1 amide bonds. The van der Waals surface area contributed by atoms with Crippen molar-refractivity contribution in [3.8, 4) is 0 Å². The fourth-order valence-corrected chi connectivity index (χ4v) is 4.74. The number of piperazine rings is 1. The molecule has 1 aromatic rings. The van der Waals surface area contributed by atoms with Crippen molar-refractivity contribution in [3.05, 3.63) is 29.3 Å². The second kappa shape index (κ2) is 10.1. The van der Waals surface area contributed by atoms with Crippen LogP contribution in [0.3, 0.4) is 0 Å². The predicted octanol–water partition coefficient (Wildman–Crippen LogP) is 4.43. The van der Waals surface area contributed by atoms with Crippen molar-refractivity contribution in [3.63, 3.8) is 0 Å². The van der Waals surface area contributed by atoms with Crippen molar-refractivity contribution in [2.24, 2.45) is 11.8 Å². The Balaban J connectivity index is 1.91. The molecule has 0 saturated carbocycles. The van der Waals surface area contributed by atoms with Gasteiger partial charge in [-0.25, -0.2) is 4.79 Å². The summed E-state index contributed by atoms with van der Waals surface area (Å²) in [5.74, 6) is -4.10. The van der Waals surface area contributed by atoms with Crippen molar-refractivity contribution < 1.29 is 54.5 Å². The lowest BCUT2D eigenvalue weighted by molar-refractivity contribution is -0.300. The van der Waals surface area contributed by atoms with E-state index in [1.54, 1.807) is 4.90 Å². The van der Waals surface area contributed by atoms with Crippen LogP contribution in [0, 0.1) is 11.8 Å². The number of carbonyl (C=O) groups is 1. The van der Waals surface area contributed by atoms with Gasteiger partial charge in [-0.05, 0) is 30.2 Å². The van der Waals surface area contributed by atoms with E-state index >= 15 is 0 Å². The van der Waals surface area contributed by atoms with E-state index in [0.717, 1.165) is 17.0 Å². The molecular formula is C21H24F9N3O3. The summed E-state index contributed by atoms with van der Waals surface area (Å²) in [5.41, 5.74) is -0.864. The molecule has 2 fully saturated rings. The van der Waals surface area contributed by atoms with Crippen LogP contribution in [0.25, 0.3) is 0 Å². The lowest BCUT2D eigenvalue weighted by Crippen LogP contribution is -2.62. The summed E-state index contributed by atoms with van der Waals surface area (Å²) in [6, 6.07) is 0.522. The average Bonchev–Trinajstić information content (AvgIpc) is 3.20. The van der Waals surface area contributed by atoms with Crippen molar-refractivity contribution in [1.82, 2.24) is 9.80 Å². The average molecular weight is 537 g/mol. The summed E-state index contributed by atoms with van der Waals surface area (Å²) in [5, 5.41) is 18.5. The molecule has 0 spiro atoms. The number of halogens is 9. The van der Waals surface area contributed by atoms with Gasteiger partial charge in [-0.15, -0.1) is 0 Å². The fourth-order valence-electron chi connectivity index (χ4n) is 4.74. The molecule has 3 rings (SSSR count). The zero-order valence-electron chi connectivity index (χ0n) is 18.7. The molecule has 2 unspecified atom stereocenters. The first kappa shape index (κ1) is 28.2. The van der Waals surface area contributed by atoms with Crippen LogP contribution < -0.4 is 4.90 Å². The number of anilines is 1. The van der Waals surface area contributed by atoms with Gasteiger partial charge >= 0.3 is 24.6 Å². The lowest BCUT2D eigenvalue weighted by Gasteiger charge is -2.44. The molecule has 15 heteroatoms. The molecule has 2 aliphatic heterocycles. The van der Waals surface area contributed by atoms with Gasteiger partial charge in [-0.3, -0.25) is 4.90 Å². The van der Waals surface area contributed by atoms with Crippen LogP contribution in [0.5, 0.6) is 0 Å². The Morgan fingerprint density at radius 1 is 0.944 bits per heavy atom. The van der Waals surface area contributed by atoms with Crippen LogP contribution in [0.15, 0.2) is 18.2 Å². The fraction of sp³-hybridized carbons (Fsp3) is 0.667. The summed E-state index contributed by atoms with van der Waals surface area (Å²) in [6.45, 7) is -1.85. The number of hydrogen-bond acceptors (Lipinski definition) is 4. The Labute approximate surface area is 199 Å². The minimum absolute atomic E-state index is 0.00497. The van der Waals surface area contributed by atoms with Crippen molar-refractivity contribution in [1.29, 1.82) is 0 Å². The minimum atomic E-state index is -5.79. The van der Waals surface area contributed by atoms with E-state index < -0.39 is 61.8 Å². The van der Waals surface area contributed by atoms with Crippen molar-refractivity contribution >= 4 is 11.8 Å². The van der Waals surface area contributed by atoms with Crippen LogP contribution in [0.4, 0.5) is 50.0 Å². The highest BCUT2D eigenvalue weighted by molar-refractivity contribution is 5.65. The predicted molar refractivity (Wildman–Crippen MR) is 108 cm³/mol. The topological polar surface area (TPSA) is 67.2 Å². The zero-order valence-corrected chi connectivity index (χ0v) is 18.7. The SMILES string of the molecule is O=C(O)N1CCN(Cc2cc(N3CCC(CO)C3)cc(C(F)(F)F)c2)CC1C(C(F)(F)F)C(F)(F)F. The van der Waals surface area contributed by atoms with E-state index in [9.17, 15) is 54.5 Å². The molecule has 36 heavy (non-hydrogen) atoms. The van der Waals surface area contributed by atoms with E-state index in [2.05, 4.69) is 0 Å². The molecule has 0 aliphatic carbocycles. The quantitative estimate of drug-likeness (QED) is 0.545. The number of aliphatic hydroxyl groups excluding tert-OH is 1. The van der Waals surface area contributed by atoms with Crippen LogP contribution in [0.2, 0.25) is 0 Å². The van der Waals surface area contributed by atoms with E-state index in [1.165, 1.54) is 6.07 Å². The van der Waals surface area contributed by atoms with Crippen molar-refractivity contribution in [2.45, 2.75) is 37.5 Å². The van der Waals surface area contributed by atoms with Crippen LogP contribution in [-0.4, -0.2) is 83.8 Å². The van der Waals surface area contributed by atoms with Crippen LogP contribution in [0.1, 0.15) is 17.5 Å². The number of amides is 1. The molecule has 1 aromatic carbocycles. The molecule has 2 heterocycles. The monoisotopic (exact) mass is 537 g/mol. The Bertz CT molecular complexity index is 922. The highest BCUT2D eigenvalue weighted by atomic mass is 19.4. The molecule has 204 valence electrons. The maximum Gasteiger partial charge on any atom is 0.416 e.